The number of furan rings is 1. The first kappa shape index (κ1) is 29.6. The molecule has 0 atom stereocenters. The molecular weight excluding hydrogens is 526 g/mol. The molecule has 0 saturated carbocycles. The maximum Gasteiger partial charge on any atom is 0.233 e. The zero-order valence-electron chi connectivity index (χ0n) is 23.4. The summed E-state index contributed by atoms with van der Waals surface area (Å²) in [5, 5.41) is 10.9. The minimum atomic E-state index is -0.0870. The van der Waals surface area contributed by atoms with E-state index in [0.717, 1.165) is 36.7 Å². The molecule has 0 radical (unpaired) electrons. The number of hydrogen-bond acceptors (Lipinski definition) is 8. The molecule has 0 bridgehead atoms. The van der Waals surface area contributed by atoms with E-state index < -0.39 is 0 Å². The number of nitrogens with zero attached hydrogens (tertiary/aromatic N) is 3. The average Bonchev–Trinajstić information content (AvgIpc) is 3.50. The highest BCUT2D eigenvalue weighted by molar-refractivity contribution is 7.99. The van der Waals surface area contributed by atoms with Gasteiger partial charge in [-0.3, -0.25) is 14.7 Å². The maximum absolute atomic E-state index is 13.3. The van der Waals surface area contributed by atoms with Gasteiger partial charge in [-0.1, -0.05) is 6.42 Å². The fourth-order valence-corrected chi connectivity index (χ4v) is 5.57. The summed E-state index contributed by atoms with van der Waals surface area (Å²) in [7, 11) is 3.19. The van der Waals surface area contributed by atoms with Gasteiger partial charge in [-0.15, -0.1) is 11.8 Å². The van der Waals surface area contributed by atoms with E-state index in [1.165, 1.54) is 36.6 Å². The standard InChI is InChI=1S/C31H39N3O5S/c1-37-28-11-8-25(30(18-28)38-2)20-34(31(36)23-40-22-29-7-6-16-39-29)21-27(35)10-9-26-17-24(12-13-32-26)19-33-14-4-3-5-15-33/h6-8,10-13,16-18,35H,3-5,9,14-15,19-23H2,1-2H3/b27-10-. The first-order valence-corrected chi connectivity index (χ1v) is 14.8. The second-order valence-electron chi connectivity index (χ2n) is 9.89. The van der Waals surface area contributed by atoms with Crippen molar-refractivity contribution in [2.45, 2.75) is 44.5 Å². The highest BCUT2D eigenvalue weighted by Crippen LogP contribution is 2.26. The minimum absolute atomic E-state index is 0.0861. The second kappa shape index (κ2) is 15.4. The van der Waals surface area contributed by atoms with E-state index in [-0.39, 0.29) is 30.5 Å². The lowest BCUT2D eigenvalue weighted by Crippen LogP contribution is -2.34. The van der Waals surface area contributed by atoms with Crippen molar-refractivity contribution in [3.63, 3.8) is 0 Å². The van der Waals surface area contributed by atoms with Crippen molar-refractivity contribution in [2.24, 2.45) is 0 Å². The number of aliphatic hydroxyl groups excluding tert-OH is 1. The molecule has 40 heavy (non-hydrogen) atoms. The maximum atomic E-state index is 13.3. The summed E-state index contributed by atoms with van der Waals surface area (Å²) in [6, 6.07) is 13.4. The summed E-state index contributed by atoms with van der Waals surface area (Å²) in [5.74, 6) is 3.01. The van der Waals surface area contributed by atoms with Crippen LogP contribution in [0.15, 0.2) is 71.2 Å². The number of methoxy groups -OCH3 is 2. The van der Waals surface area contributed by atoms with E-state index in [0.29, 0.717) is 23.7 Å². The summed E-state index contributed by atoms with van der Waals surface area (Å²) >= 11 is 1.48. The molecule has 1 aliphatic rings. The molecule has 1 N–H and O–H groups in total. The van der Waals surface area contributed by atoms with Crippen molar-refractivity contribution in [3.8, 4) is 11.5 Å². The van der Waals surface area contributed by atoms with Gasteiger partial charge in [0.05, 0.1) is 38.5 Å². The van der Waals surface area contributed by atoms with E-state index in [9.17, 15) is 9.90 Å². The Hall–Kier alpha value is -3.43. The van der Waals surface area contributed by atoms with Gasteiger partial charge < -0.3 is 23.9 Å². The quantitative estimate of drug-likeness (QED) is 0.252. The summed E-state index contributed by atoms with van der Waals surface area (Å²) in [6.45, 7) is 3.58. The molecule has 1 fully saturated rings. The number of hydrogen-bond donors (Lipinski definition) is 1. The normalized spacial score (nSPS) is 14.2. The van der Waals surface area contributed by atoms with Crippen molar-refractivity contribution in [3.05, 3.63) is 89.3 Å². The smallest absolute Gasteiger partial charge is 0.233 e. The number of carbonyl (C=O) groups is 1. The lowest BCUT2D eigenvalue weighted by atomic mass is 10.1. The largest absolute Gasteiger partial charge is 0.511 e. The molecule has 0 unspecified atom stereocenters. The Morgan fingerprint density at radius 2 is 2.00 bits per heavy atom. The number of amides is 1. The number of carbonyl (C=O) groups excluding carboxylic acids is 1. The summed E-state index contributed by atoms with van der Waals surface area (Å²) < 4.78 is 16.2. The fourth-order valence-electron chi connectivity index (χ4n) is 4.74. The number of allylic oxidation sites excluding steroid dienone is 1. The van der Waals surface area contributed by atoms with E-state index in [1.807, 2.05) is 30.5 Å². The molecule has 1 aliphatic heterocycles. The lowest BCUT2D eigenvalue weighted by molar-refractivity contribution is -0.128. The molecule has 9 heteroatoms. The van der Waals surface area contributed by atoms with Crippen molar-refractivity contribution in [1.29, 1.82) is 0 Å². The van der Waals surface area contributed by atoms with Crippen LogP contribution in [0.1, 0.15) is 41.8 Å². The molecule has 1 aromatic carbocycles. The molecule has 3 heterocycles. The van der Waals surface area contributed by atoms with Crippen molar-refractivity contribution >= 4 is 17.7 Å². The van der Waals surface area contributed by atoms with Gasteiger partial charge in [-0.25, -0.2) is 0 Å². The number of pyridine rings is 1. The first-order valence-electron chi connectivity index (χ1n) is 13.7. The SMILES string of the molecule is COc1ccc(CN(C/C(O)=C/Cc2cc(CN3CCCCC3)ccn2)C(=O)CSCc2ccco2)c(OC)c1. The molecule has 2 aromatic heterocycles. The number of aromatic nitrogens is 1. The van der Waals surface area contributed by atoms with Crippen LogP contribution in [0.3, 0.4) is 0 Å². The van der Waals surface area contributed by atoms with Gasteiger partial charge in [0.2, 0.25) is 5.91 Å². The van der Waals surface area contributed by atoms with Crippen LogP contribution in [-0.2, 0) is 30.1 Å². The number of thioether (sulfide) groups is 1. The van der Waals surface area contributed by atoms with Gasteiger partial charge in [0.1, 0.15) is 23.0 Å². The third kappa shape index (κ3) is 9.06. The topological polar surface area (TPSA) is 88.3 Å². The third-order valence-corrected chi connectivity index (χ3v) is 7.83. The van der Waals surface area contributed by atoms with Crippen LogP contribution in [0.5, 0.6) is 11.5 Å². The fraction of sp³-hybridized carbons (Fsp3) is 0.419. The summed E-state index contributed by atoms with van der Waals surface area (Å²) in [5.41, 5.74) is 2.95. The first-order chi connectivity index (χ1) is 19.5. The molecular formula is C31H39N3O5S. The number of piperidine rings is 1. The van der Waals surface area contributed by atoms with Crippen LogP contribution in [-0.4, -0.2) is 65.4 Å². The van der Waals surface area contributed by atoms with Gasteiger partial charge in [-0.05, 0) is 74.0 Å². The zero-order chi connectivity index (χ0) is 28.2. The Morgan fingerprint density at radius 3 is 2.75 bits per heavy atom. The van der Waals surface area contributed by atoms with Crippen LogP contribution in [0.25, 0.3) is 0 Å². The van der Waals surface area contributed by atoms with Crippen LogP contribution < -0.4 is 9.47 Å². The van der Waals surface area contributed by atoms with E-state index in [4.69, 9.17) is 13.9 Å². The number of benzene rings is 1. The molecule has 1 amide bonds. The average molecular weight is 566 g/mol. The van der Waals surface area contributed by atoms with Crippen molar-refractivity contribution < 1.29 is 23.8 Å². The lowest BCUT2D eigenvalue weighted by Gasteiger charge is -2.26. The van der Waals surface area contributed by atoms with Crippen LogP contribution >= 0.6 is 11.8 Å². The Bertz CT molecular complexity index is 1240. The minimum Gasteiger partial charge on any atom is -0.511 e. The highest BCUT2D eigenvalue weighted by Gasteiger charge is 2.19. The Kier molecular flexibility index (Phi) is 11.4. The number of ether oxygens (including phenoxy) is 2. The highest BCUT2D eigenvalue weighted by atomic mass is 32.2. The van der Waals surface area contributed by atoms with E-state index in [1.54, 1.807) is 37.5 Å². The number of likely N-dealkylation sites (tertiary alicyclic amines) is 1. The predicted octanol–water partition coefficient (Wildman–Crippen LogP) is 5.62. The number of rotatable bonds is 14. The van der Waals surface area contributed by atoms with Gasteiger partial charge in [0.15, 0.2) is 0 Å². The molecule has 4 rings (SSSR count). The van der Waals surface area contributed by atoms with Crippen LogP contribution in [0, 0.1) is 0 Å². The molecule has 0 spiro atoms. The molecule has 3 aromatic rings. The number of aliphatic hydroxyl groups is 1. The van der Waals surface area contributed by atoms with Gasteiger partial charge in [-0.2, -0.15) is 0 Å². The van der Waals surface area contributed by atoms with E-state index in [2.05, 4.69) is 22.0 Å². The third-order valence-electron chi connectivity index (χ3n) is 6.89. The second-order valence-corrected chi connectivity index (χ2v) is 10.9. The zero-order valence-corrected chi connectivity index (χ0v) is 24.2. The van der Waals surface area contributed by atoms with Crippen molar-refractivity contribution in [2.75, 3.05) is 39.6 Å². The van der Waals surface area contributed by atoms with Crippen molar-refractivity contribution in [1.82, 2.24) is 14.8 Å². The van der Waals surface area contributed by atoms with Gasteiger partial charge >= 0.3 is 0 Å². The summed E-state index contributed by atoms with van der Waals surface area (Å²) in [4.78, 5) is 21.9. The monoisotopic (exact) mass is 565 g/mol. The Labute approximate surface area is 241 Å². The van der Waals surface area contributed by atoms with E-state index >= 15 is 0 Å². The Morgan fingerprint density at radius 1 is 1.15 bits per heavy atom. The predicted molar refractivity (Wildman–Crippen MR) is 158 cm³/mol. The van der Waals surface area contributed by atoms with Crippen LogP contribution in [0.4, 0.5) is 0 Å². The Balaban J connectivity index is 1.41. The molecule has 8 nitrogen and oxygen atoms in total. The molecule has 0 aliphatic carbocycles. The summed E-state index contributed by atoms with van der Waals surface area (Å²) in [6.07, 6.45) is 9.52. The van der Waals surface area contributed by atoms with Gasteiger partial charge in [0, 0.05) is 43.0 Å². The van der Waals surface area contributed by atoms with Crippen LogP contribution in [0.2, 0.25) is 0 Å². The van der Waals surface area contributed by atoms with Gasteiger partial charge in [0.25, 0.3) is 0 Å². The molecule has 1 saturated heterocycles. The molecule has 214 valence electrons.